The van der Waals surface area contributed by atoms with E-state index < -0.39 is 0 Å². The minimum Gasteiger partial charge on any atom is -0.494 e. The van der Waals surface area contributed by atoms with E-state index in [-0.39, 0.29) is 47.7 Å². The van der Waals surface area contributed by atoms with Gasteiger partial charge in [-0.25, -0.2) is 9.38 Å². The number of ether oxygens (including phenoxy) is 2. The van der Waals surface area contributed by atoms with Crippen LogP contribution < -0.4 is 20.5 Å². The molecule has 0 aliphatic heterocycles. The number of benzene rings is 2. The number of halogens is 2. The fourth-order valence-electron chi connectivity index (χ4n) is 2.93. The average molecular weight is 485 g/mol. The minimum atomic E-state index is -0.190. The maximum Gasteiger partial charge on any atom is 0.193 e. The van der Waals surface area contributed by atoms with Crippen LogP contribution >= 0.6 is 24.0 Å². The molecule has 146 valence electrons. The SMILES string of the molecule is CCOc1ccc(OCC)c(NC(N)=NC2CC2c2ccccc2F)c1.I. The number of nitrogens with zero attached hydrogens (tertiary/aromatic N) is 1. The van der Waals surface area contributed by atoms with E-state index in [4.69, 9.17) is 15.2 Å². The van der Waals surface area contributed by atoms with Crippen molar-refractivity contribution >= 4 is 35.6 Å². The summed E-state index contributed by atoms with van der Waals surface area (Å²) in [5.41, 5.74) is 7.46. The number of hydrogen-bond acceptors (Lipinski definition) is 3. The molecule has 27 heavy (non-hydrogen) atoms. The highest BCUT2D eigenvalue weighted by atomic mass is 127. The first-order valence-electron chi connectivity index (χ1n) is 8.86. The molecule has 1 fully saturated rings. The zero-order chi connectivity index (χ0) is 18.5. The fourth-order valence-corrected chi connectivity index (χ4v) is 2.93. The zero-order valence-corrected chi connectivity index (χ0v) is 17.8. The van der Waals surface area contributed by atoms with Gasteiger partial charge in [-0.15, -0.1) is 24.0 Å². The Bertz CT molecular complexity index is 801. The number of nitrogens with two attached hydrogens (primary N) is 1. The average Bonchev–Trinajstić information content (AvgIpc) is 3.36. The molecule has 1 aliphatic rings. The summed E-state index contributed by atoms with van der Waals surface area (Å²) in [6, 6.07) is 12.3. The molecule has 2 atom stereocenters. The van der Waals surface area contributed by atoms with Gasteiger partial charge in [0.2, 0.25) is 0 Å². The Hall–Kier alpha value is -2.03. The van der Waals surface area contributed by atoms with Gasteiger partial charge >= 0.3 is 0 Å². The summed E-state index contributed by atoms with van der Waals surface area (Å²) in [6.45, 7) is 4.96. The summed E-state index contributed by atoms with van der Waals surface area (Å²) in [6.07, 6.45) is 0.792. The monoisotopic (exact) mass is 485 g/mol. The number of anilines is 1. The molecule has 1 saturated carbocycles. The van der Waals surface area contributed by atoms with Crippen LogP contribution in [0, 0.1) is 5.82 Å². The molecule has 0 spiro atoms. The molecule has 7 heteroatoms. The number of hydrogen-bond donors (Lipinski definition) is 2. The summed E-state index contributed by atoms with van der Waals surface area (Å²) in [5.74, 6) is 1.57. The van der Waals surface area contributed by atoms with Crippen LogP contribution in [-0.4, -0.2) is 25.2 Å². The highest BCUT2D eigenvalue weighted by molar-refractivity contribution is 14.0. The standard InChI is InChI=1S/C20H24FN3O2.HI/c1-3-25-13-9-10-19(26-4-2)18(11-13)24-20(22)23-17-12-15(17)14-7-5-6-8-16(14)21;/h5-11,15,17H,3-4,12H2,1-2H3,(H3,22,23,24);1H. The quantitative estimate of drug-likeness (QED) is 0.344. The first kappa shape index (κ1) is 21.3. The second-order valence-corrected chi connectivity index (χ2v) is 6.09. The summed E-state index contributed by atoms with van der Waals surface area (Å²) in [7, 11) is 0. The summed E-state index contributed by atoms with van der Waals surface area (Å²) >= 11 is 0. The van der Waals surface area contributed by atoms with Gasteiger partial charge in [0.1, 0.15) is 17.3 Å². The van der Waals surface area contributed by atoms with Gasteiger partial charge in [0, 0.05) is 12.0 Å². The molecule has 2 aromatic rings. The number of nitrogens with one attached hydrogen (secondary N) is 1. The Morgan fingerprint density at radius 1 is 1.19 bits per heavy atom. The first-order valence-corrected chi connectivity index (χ1v) is 8.86. The predicted octanol–water partition coefficient (Wildman–Crippen LogP) is 4.52. The van der Waals surface area contributed by atoms with E-state index in [1.807, 2.05) is 38.1 Å². The topological polar surface area (TPSA) is 68.9 Å². The number of aliphatic imine (C=N–C) groups is 1. The van der Waals surface area contributed by atoms with Crippen molar-refractivity contribution in [1.82, 2.24) is 0 Å². The van der Waals surface area contributed by atoms with Crippen molar-refractivity contribution in [1.29, 1.82) is 0 Å². The molecule has 3 rings (SSSR count). The summed E-state index contributed by atoms with van der Waals surface area (Å²) in [4.78, 5) is 4.48. The lowest BCUT2D eigenvalue weighted by Gasteiger charge is -2.14. The normalized spacial score (nSPS) is 18.4. The van der Waals surface area contributed by atoms with Crippen LogP contribution in [0.1, 0.15) is 31.7 Å². The predicted molar refractivity (Wildman–Crippen MR) is 117 cm³/mol. The minimum absolute atomic E-state index is 0. The Balaban J connectivity index is 0.00000261. The van der Waals surface area contributed by atoms with E-state index in [0.29, 0.717) is 30.2 Å². The smallest absolute Gasteiger partial charge is 0.193 e. The van der Waals surface area contributed by atoms with Crippen LogP contribution in [0.15, 0.2) is 47.5 Å². The molecule has 1 aliphatic carbocycles. The van der Waals surface area contributed by atoms with Crippen molar-refractivity contribution in [2.45, 2.75) is 32.2 Å². The van der Waals surface area contributed by atoms with Gasteiger partial charge < -0.3 is 20.5 Å². The third-order valence-electron chi connectivity index (χ3n) is 4.19. The maximum absolute atomic E-state index is 13.9. The van der Waals surface area contributed by atoms with Gasteiger partial charge in [-0.05, 0) is 44.0 Å². The van der Waals surface area contributed by atoms with E-state index in [0.717, 1.165) is 12.2 Å². The van der Waals surface area contributed by atoms with Gasteiger partial charge in [0.15, 0.2) is 5.96 Å². The van der Waals surface area contributed by atoms with Gasteiger partial charge in [0.05, 0.1) is 24.9 Å². The summed E-state index contributed by atoms with van der Waals surface area (Å²) < 4.78 is 25.0. The van der Waals surface area contributed by atoms with Crippen LogP contribution in [0.25, 0.3) is 0 Å². The molecule has 0 saturated heterocycles. The molecular formula is C20H25FIN3O2. The van der Waals surface area contributed by atoms with Crippen molar-refractivity contribution in [3.8, 4) is 11.5 Å². The highest BCUT2D eigenvalue weighted by Crippen LogP contribution is 2.44. The van der Waals surface area contributed by atoms with E-state index in [1.165, 1.54) is 6.07 Å². The molecule has 2 aromatic carbocycles. The fraction of sp³-hybridized carbons (Fsp3) is 0.350. The molecule has 0 aromatic heterocycles. The van der Waals surface area contributed by atoms with E-state index >= 15 is 0 Å². The van der Waals surface area contributed by atoms with Crippen LogP contribution in [0.3, 0.4) is 0 Å². The van der Waals surface area contributed by atoms with Gasteiger partial charge in [-0.1, -0.05) is 18.2 Å². The van der Waals surface area contributed by atoms with Gasteiger partial charge in [-0.2, -0.15) is 0 Å². The lowest BCUT2D eigenvalue weighted by atomic mass is 10.1. The Kier molecular flexibility index (Phi) is 7.70. The Morgan fingerprint density at radius 3 is 2.63 bits per heavy atom. The zero-order valence-electron chi connectivity index (χ0n) is 15.4. The van der Waals surface area contributed by atoms with Crippen molar-refractivity contribution in [3.05, 3.63) is 53.8 Å². The van der Waals surface area contributed by atoms with Crippen molar-refractivity contribution in [2.24, 2.45) is 10.7 Å². The van der Waals surface area contributed by atoms with Crippen molar-refractivity contribution in [3.63, 3.8) is 0 Å². The summed E-state index contributed by atoms with van der Waals surface area (Å²) in [5, 5.41) is 3.08. The number of guanidine groups is 1. The molecule has 0 bridgehead atoms. The van der Waals surface area contributed by atoms with Crippen LogP contribution in [-0.2, 0) is 0 Å². The third-order valence-corrected chi connectivity index (χ3v) is 4.19. The molecule has 0 amide bonds. The third kappa shape index (κ3) is 5.47. The molecule has 0 heterocycles. The molecule has 5 nitrogen and oxygen atoms in total. The van der Waals surface area contributed by atoms with Crippen molar-refractivity contribution < 1.29 is 13.9 Å². The maximum atomic E-state index is 13.9. The Labute approximate surface area is 176 Å². The van der Waals surface area contributed by atoms with E-state index in [2.05, 4.69) is 10.3 Å². The first-order chi connectivity index (χ1) is 12.6. The van der Waals surface area contributed by atoms with Crippen LogP contribution in [0.2, 0.25) is 0 Å². The van der Waals surface area contributed by atoms with E-state index in [9.17, 15) is 4.39 Å². The Morgan fingerprint density at radius 2 is 1.93 bits per heavy atom. The number of rotatable bonds is 7. The van der Waals surface area contributed by atoms with Crippen LogP contribution in [0.4, 0.5) is 10.1 Å². The van der Waals surface area contributed by atoms with Crippen LogP contribution in [0.5, 0.6) is 11.5 Å². The second kappa shape index (κ2) is 9.77. The van der Waals surface area contributed by atoms with E-state index in [1.54, 1.807) is 12.1 Å². The largest absolute Gasteiger partial charge is 0.494 e. The van der Waals surface area contributed by atoms with Gasteiger partial charge in [-0.3, -0.25) is 0 Å². The molecule has 0 radical (unpaired) electrons. The molecule has 2 unspecified atom stereocenters. The molecule has 3 N–H and O–H groups in total. The van der Waals surface area contributed by atoms with Gasteiger partial charge in [0.25, 0.3) is 0 Å². The second-order valence-electron chi connectivity index (χ2n) is 6.09. The highest BCUT2D eigenvalue weighted by Gasteiger charge is 2.40. The lowest BCUT2D eigenvalue weighted by Crippen LogP contribution is -2.23. The lowest BCUT2D eigenvalue weighted by molar-refractivity contribution is 0.332. The van der Waals surface area contributed by atoms with Crippen molar-refractivity contribution in [2.75, 3.05) is 18.5 Å². The molecular weight excluding hydrogens is 460 g/mol.